The number of hydrogen-bond acceptors (Lipinski definition) is 5. The van der Waals surface area contributed by atoms with Crippen LogP contribution in [0.2, 0.25) is 0 Å². The predicted octanol–water partition coefficient (Wildman–Crippen LogP) is 2.91. The van der Waals surface area contributed by atoms with E-state index in [2.05, 4.69) is 47.6 Å². The van der Waals surface area contributed by atoms with Crippen molar-refractivity contribution in [1.82, 2.24) is 10.2 Å². The summed E-state index contributed by atoms with van der Waals surface area (Å²) in [4.78, 5) is 0. The lowest BCUT2D eigenvalue weighted by molar-refractivity contribution is 0.384. The molecule has 1 heterocycles. The number of aromatic nitrogens is 2. The first-order valence-electron chi connectivity index (χ1n) is 6.29. The predicted molar refractivity (Wildman–Crippen MR) is 82.0 cm³/mol. The van der Waals surface area contributed by atoms with Gasteiger partial charge in [-0.2, -0.15) is 0 Å². The number of nitrogens with two attached hydrogens (primary N) is 1. The van der Waals surface area contributed by atoms with Crippen LogP contribution < -0.4 is 11.1 Å². The van der Waals surface area contributed by atoms with E-state index < -0.39 is 5.54 Å². The summed E-state index contributed by atoms with van der Waals surface area (Å²) in [5.74, 6) is 0.427. The molecule has 1 aromatic carbocycles. The van der Waals surface area contributed by atoms with E-state index in [-0.39, 0.29) is 12.4 Å². The quantitative estimate of drug-likeness (QED) is 0.907. The third-order valence-corrected chi connectivity index (χ3v) is 2.91. The second-order valence-corrected chi connectivity index (χ2v) is 5.42. The van der Waals surface area contributed by atoms with Crippen molar-refractivity contribution in [2.75, 3.05) is 5.32 Å². The van der Waals surface area contributed by atoms with Gasteiger partial charge in [-0.3, -0.25) is 0 Å². The number of nitrogens with one attached hydrogen (secondary N) is 1. The van der Waals surface area contributed by atoms with E-state index in [0.717, 1.165) is 0 Å². The second-order valence-electron chi connectivity index (χ2n) is 5.42. The van der Waals surface area contributed by atoms with Gasteiger partial charge in [0.2, 0.25) is 5.89 Å². The van der Waals surface area contributed by atoms with Crippen LogP contribution in [0.1, 0.15) is 36.4 Å². The maximum Gasteiger partial charge on any atom is 0.315 e. The van der Waals surface area contributed by atoms with Crippen molar-refractivity contribution < 1.29 is 4.42 Å². The summed E-state index contributed by atoms with van der Waals surface area (Å²) in [6.07, 6.45) is 0. The third-order valence-electron chi connectivity index (χ3n) is 2.91. The van der Waals surface area contributed by atoms with Gasteiger partial charge in [-0.1, -0.05) is 28.9 Å². The van der Waals surface area contributed by atoms with Gasteiger partial charge in [0, 0.05) is 6.54 Å². The molecule has 0 saturated heterocycles. The molecule has 5 nitrogen and oxygen atoms in total. The molecule has 0 aliphatic rings. The highest BCUT2D eigenvalue weighted by molar-refractivity contribution is 5.85. The van der Waals surface area contributed by atoms with E-state index in [1.165, 1.54) is 16.7 Å². The molecule has 0 bridgehead atoms. The fourth-order valence-corrected chi connectivity index (χ4v) is 1.72. The fraction of sp³-hybridized carbons (Fsp3) is 0.429. The molecule has 0 radical (unpaired) electrons. The molecular formula is C14H21ClN4O. The number of benzene rings is 1. The first kappa shape index (κ1) is 16.5. The molecule has 2 aromatic rings. The van der Waals surface area contributed by atoms with Gasteiger partial charge in [0.1, 0.15) is 0 Å². The van der Waals surface area contributed by atoms with Gasteiger partial charge in [0.25, 0.3) is 0 Å². The van der Waals surface area contributed by atoms with Gasteiger partial charge in [-0.05, 0) is 38.8 Å². The number of aryl methyl sites for hydroxylation is 2. The summed E-state index contributed by atoms with van der Waals surface area (Å²) in [7, 11) is 0. The highest BCUT2D eigenvalue weighted by Gasteiger charge is 2.21. The minimum absolute atomic E-state index is 0. The van der Waals surface area contributed by atoms with Crippen molar-refractivity contribution in [3.63, 3.8) is 0 Å². The minimum Gasteiger partial charge on any atom is -0.406 e. The van der Waals surface area contributed by atoms with Crippen molar-refractivity contribution in [2.45, 2.75) is 39.8 Å². The Morgan fingerprint density at radius 3 is 2.55 bits per heavy atom. The van der Waals surface area contributed by atoms with Gasteiger partial charge in [-0.15, -0.1) is 17.5 Å². The number of anilines is 1. The first-order chi connectivity index (χ1) is 8.86. The summed E-state index contributed by atoms with van der Waals surface area (Å²) < 4.78 is 5.48. The maximum absolute atomic E-state index is 5.90. The highest BCUT2D eigenvalue weighted by atomic mass is 35.5. The van der Waals surface area contributed by atoms with E-state index in [9.17, 15) is 0 Å². The molecule has 20 heavy (non-hydrogen) atoms. The van der Waals surface area contributed by atoms with E-state index >= 15 is 0 Å². The highest BCUT2D eigenvalue weighted by Crippen LogP contribution is 2.18. The molecule has 6 heteroatoms. The van der Waals surface area contributed by atoms with Crippen LogP contribution in [0.25, 0.3) is 0 Å². The molecule has 110 valence electrons. The average Bonchev–Trinajstić information content (AvgIpc) is 2.79. The van der Waals surface area contributed by atoms with Crippen molar-refractivity contribution in [1.29, 1.82) is 0 Å². The smallest absolute Gasteiger partial charge is 0.315 e. The Labute approximate surface area is 125 Å². The van der Waals surface area contributed by atoms with Crippen LogP contribution in [0.5, 0.6) is 0 Å². The van der Waals surface area contributed by atoms with Crippen molar-refractivity contribution in [2.24, 2.45) is 5.73 Å². The minimum atomic E-state index is -0.619. The average molecular weight is 297 g/mol. The Morgan fingerprint density at radius 2 is 1.95 bits per heavy atom. The molecule has 0 unspecified atom stereocenters. The summed E-state index contributed by atoms with van der Waals surface area (Å²) in [5.41, 5.74) is 8.96. The Morgan fingerprint density at radius 1 is 1.25 bits per heavy atom. The van der Waals surface area contributed by atoms with Crippen LogP contribution in [0.4, 0.5) is 6.01 Å². The molecule has 0 fully saturated rings. The van der Waals surface area contributed by atoms with Gasteiger partial charge in [0.05, 0.1) is 5.54 Å². The van der Waals surface area contributed by atoms with Crippen LogP contribution >= 0.6 is 12.4 Å². The van der Waals surface area contributed by atoms with Gasteiger partial charge in [0.15, 0.2) is 0 Å². The molecule has 2 rings (SSSR count). The Kier molecular flexibility index (Phi) is 5.14. The topological polar surface area (TPSA) is 77.0 Å². The summed E-state index contributed by atoms with van der Waals surface area (Å²) >= 11 is 0. The molecule has 0 spiro atoms. The van der Waals surface area contributed by atoms with Crippen LogP contribution in [0.3, 0.4) is 0 Å². The molecule has 0 aliphatic carbocycles. The molecule has 0 atom stereocenters. The van der Waals surface area contributed by atoms with Crippen LogP contribution in [-0.2, 0) is 12.1 Å². The molecule has 0 saturated carbocycles. The van der Waals surface area contributed by atoms with Crippen LogP contribution in [0.15, 0.2) is 22.6 Å². The Balaban J connectivity index is 0.00000200. The normalized spacial score (nSPS) is 11.1. The Hall–Kier alpha value is -1.59. The summed E-state index contributed by atoms with van der Waals surface area (Å²) in [6, 6.07) is 6.75. The van der Waals surface area contributed by atoms with Crippen molar-refractivity contribution in [3.05, 3.63) is 40.8 Å². The number of rotatable bonds is 4. The SMILES string of the molecule is Cc1ccc(C)c(CNc2nnc(C(C)(C)N)o2)c1.Cl. The van der Waals surface area contributed by atoms with Gasteiger partial charge in [-0.25, -0.2) is 0 Å². The lowest BCUT2D eigenvalue weighted by Crippen LogP contribution is -2.29. The lowest BCUT2D eigenvalue weighted by atomic mass is 10.1. The van der Waals surface area contributed by atoms with Crippen molar-refractivity contribution >= 4 is 18.4 Å². The lowest BCUT2D eigenvalue weighted by Gasteiger charge is -2.11. The summed E-state index contributed by atoms with van der Waals surface area (Å²) in [5, 5.41) is 11.0. The van der Waals surface area contributed by atoms with Gasteiger partial charge >= 0.3 is 6.01 Å². The van der Waals surface area contributed by atoms with Gasteiger partial charge < -0.3 is 15.5 Å². The number of hydrogen-bond donors (Lipinski definition) is 2. The zero-order chi connectivity index (χ0) is 14.0. The molecule has 1 aromatic heterocycles. The third kappa shape index (κ3) is 3.95. The van der Waals surface area contributed by atoms with Crippen LogP contribution in [-0.4, -0.2) is 10.2 Å². The van der Waals surface area contributed by atoms with Crippen LogP contribution in [0, 0.1) is 13.8 Å². The van der Waals surface area contributed by atoms with E-state index in [1.54, 1.807) is 0 Å². The van der Waals surface area contributed by atoms with E-state index in [0.29, 0.717) is 18.5 Å². The standard InChI is InChI=1S/C14H20N4O.ClH/c1-9-5-6-10(2)11(7-9)8-16-13-18-17-12(19-13)14(3,4)15;/h5-7H,8,15H2,1-4H3,(H,16,18);1H. The monoisotopic (exact) mass is 296 g/mol. The molecular weight excluding hydrogens is 276 g/mol. The Bertz CT molecular complexity index is 575. The zero-order valence-corrected chi connectivity index (χ0v) is 13.0. The fourth-order valence-electron chi connectivity index (χ4n) is 1.72. The summed E-state index contributed by atoms with van der Waals surface area (Å²) in [6.45, 7) is 8.47. The molecule has 0 aliphatic heterocycles. The molecule has 0 amide bonds. The number of nitrogens with zero attached hydrogens (tertiary/aromatic N) is 2. The van der Waals surface area contributed by atoms with E-state index in [1.807, 2.05) is 13.8 Å². The largest absolute Gasteiger partial charge is 0.406 e. The number of halogens is 1. The maximum atomic E-state index is 5.90. The first-order valence-corrected chi connectivity index (χ1v) is 6.29. The van der Waals surface area contributed by atoms with E-state index in [4.69, 9.17) is 10.2 Å². The van der Waals surface area contributed by atoms with Crippen molar-refractivity contribution in [3.8, 4) is 0 Å². The molecule has 3 N–H and O–H groups in total. The zero-order valence-electron chi connectivity index (χ0n) is 12.2. The second kappa shape index (κ2) is 6.24.